The minimum absolute atomic E-state index is 0.00886. The maximum atomic E-state index is 13.8. The summed E-state index contributed by atoms with van der Waals surface area (Å²) >= 11 is 0. The lowest BCUT2D eigenvalue weighted by molar-refractivity contribution is 0.0677. The van der Waals surface area contributed by atoms with Crippen molar-refractivity contribution in [1.29, 1.82) is 0 Å². The van der Waals surface area contributed by atoms with Gasteiger partial charge >= 0.3 is 5.97 Å². The molecule has 20 heavy (non-hydrogen) atoms. The van der Waals surface area contributed by atoms with Crippen LogP contribution >= 0.6 is 0 Å². The van der Waals surface area contributed by atoms with Crippen molar-refractivity contribution in [1.82, 2.24) is 0 Å². The van der Waals surface area contributed by atoms with Gasteiger partial charge in [-0.05, 0) is 12.8 Å². The van der Waals surface area contributed by atoms with E-state index in [1.54, 1.807) is 0 Å². The average molecular weight is 294 g/mol. The van der Waals surface area contributed by atoms with E-state index in [0.29, 0.717) is 0 Å². The van der Waals surface area contributed by atoms with Crippen molar-refractivity contribution in [3.05, 3.63) is 28.6 Å². The number of benzene rings is 1. The summed E-state index contributed by atoms with van der Waals surface area (Å²) in [4.78, 5) is 11.0. The molecule has 1 aromatic rings. The van der Waals surface area contributed by atoms with Crippen LogP contribution in [0.5, 0.6) is 5.75 Å². The second-order valence-electron chi connectivity index (χ2n) is 3.95. The zero-order valence-electron chi connectivity index (χ0n) is 10.5. The van der Waals surface area contributed by atoms with Crippen LogP contribution in [0.15, 0.2) is 0 Å². The van der Waals surface area contributed by atoms with Crippen LogP contribution in [-0.2, 0) is 0 Å². The van der Waals surface area contributed by atoms with Crippen molar-refractivity contribution >= 4 is 5.97 Å². The van der Waals surface area contributed by atoms with Gasteiger partial charge in [-0.2, -0.15) is 4.39 Å². The van der Waals surface area contributed by atoms with Crippen LogP contribution in [0.25, 0.3) is 0 Å². The number of hydrogen-bond donors (Lipinski definition) is 3. The molecule has 8 heteroatoms. The van der Waals surface area contributed by atoms with Gasteiger partial charge in [-0.1, -0.05) is 0 Å². The molecule has 3 N–H and O–H groups in total. The van der Waals surface area contributed by atoms with Gasteiger partial charge in [0.25, 0.3) is 0 Å². The highest BCUT2D eigenvalue weighted by Crippen LogP contribution is 2.35. The Kier molecular flexibility index (Phi) is 5.34. The number of aliphatic hydroxyl groups is 2. The maximum absolute atomic E-state index is 13.8. The summed E-state index contributed by atoms with van der Waals surface area (Å²) in [6.07, 6.45) is -2.00. The Hall–Kier alpha value is -1.80. The highest BCUT2D eigenvalue weighted by Gasteiger charge is 2.32. The number of rotatable bonds is 6. The summed E-state index contributed by atoms with van der Waals surface area (Å²) in [5.74, 6) is -8.04. The van der Waals surface area contributed by atoms with Crippen LogP contribution in [0.2, 0.25) is 0 Å². The number of carboxylic acid groups (broad SMARTS) is 1. The van der Waals surface area contributed by atoms with Crippen molar-refractivity contribution in [2.45, 2.75) is 18.9 Å². The molecule has 1 aromatic carbocycles. The second-order valence-corrected chi connectivity index (χ2v) is 3.95. The molecule has 0 fully saturated rings. The van der Waals surface area contributed by atoms with Crippen molar-refractivity contribution in [2.24, 2.45) is 0 Å². The monoisotopic (exact) mass is 294 g/mol. The van der Waals surface area contributed by atoms with E-state index in [-0.39, 0.29) is 19.4 Å². The Morgan fingerprint density at radius 1 is 1.25 bits per heavy atom. The van der Waals surface area contributed by atoms with Gasteiger partial charge in [-0.3, -0.25) is 0 Å². The molecule has 0 heterocycles. The van der Waals surface area contributed by atoms with E-state index < -0.39 is 46.4 Å². The van der Waals surface area contributed by atoms with E-state index in [0.717, 1.165) is 7.11 Å². The van der Waals surface area contributed by atoms with Crippen LogP contribution in [0, 0.1) is 17.5 Å². The molecule has 0 amide bonds. The fourth-order valence-corrected chi connectivity index (χ4v) is 1.79. The summed E-state index contributed by atoms with van der Waals surface area (Å²) in [7, 11) is 0.856. The Balaban J connectivity index is 3.52. The van der Waals surface area contributed by atoms with Crippen LogP contribution in [0.4, 0.5) is 13.2 Å². The molecule has 1 unspecified atom stereocenters. The number of aliphatic hydroxyl groups excluding tert-OH is 2. The Bertz CT molecular complexity index is 519. The maximum Gasteiger partial charge on any atom is 0.339 e. The van der Waals surface area contributed by atoms with Gasteiger partial charge in [-0.25, -0.2) is 13.6 Å². The first-order valence-corrected chi connectivity index (χ1v) is 5.63. The van der Waals surface area contributed by atoms with Crippen molar-refractivity contribution in [2.75, 3.05) is 13.7 Å². The average Bonchev–Trinajstić information content (AvgIpc) is 2.40. The van der Waals surface area contributed by atoms with E-state index >= 15 is 0 Å². The normalized spacial score (nSPS) is 12.3. The molecule has 0 saturated carbocycles. The molecular weight excluding hydrogens is 281 g/mol. The number of ether oxygens (including phenoxy) is 1. The first kappa shape index (κ1) is 16.3. The molecule has 1 atom stereocenters. The van der Waals surface area contributed by atoms with E-state index in [1.165, 1.54) is 0 Å². The van der Waals surface area contributed by atoms with Gasteiger partial charge in [0.2, 0.25) is 5.82 Å². The quantitative estimate of drug-likeness (QED) is 0.694. The van der Waals surface area contributed by atoms with Gasteiger partial charge in [0.1, 0.15) is 5.56 Å². The Morgan fingerprint density at radius 2 is 1.85 bits per heavy atom. The van der Waals surface area contributed by atoms with Crippen LogP contribution < -0.4 is 4.74 Å². The lowest BCUT2D eigenvalue weighted by Crippen LogP contribution is -2.16. The molecule has 0 bridgehead atoms. The van der Waals surface area contributed by atoms with E-state index in [4.69, 9.17) is 10.2 Å². The van der Waals surface area contributed by atoms with Crippen molar-refractivity contribution in [3.63, 3.8) is 0 Å². The van der Waals surface area contributed by atoms with Gasteiger partial charge < -0.3 is 20.1 Å². The highest BCUT2D eigenvalue weighted by molar-refractivity contribution is 5.90. The Labute approximate surface area is 112 Å². The standard InChI is InChI=1S/C12H13F3O5/c1-20-11-9(14)7(12(18)19)6(8(13)10(11)15)5(17)3-2-4-16/h5,16-17H,2-4H2,1H3,(H,18,19). The van der Waals surface area contributed by atoms with E-state index in [9.17, 15) is 23.1 Å². The predicted molar refractivity (Wildman–Crippen MR) is 61.1 cm³/mol. The molecule has 0 spiro atoms. The van der Waals surface area contributed by atoms with Gasteiger partial charge in [0.05, 0.1) is 13.2 Å². The van der Waals surface area contributed by atoms with Crippen LogP contribution in [0.3, 0.4) is 0 Å². The van der Waals surface area contributed by atoms with Crippen LogP contribution in [0.1, 0.15) is 34.9 Å². The predicted octanol–water partition coefficient (Wildman–Crippen LogP) is 1.62. The second kappa shape index (κ2) is 6.58. The van der Waals surface area contributed by atoms with Gasteiger partial charge in [0, 0.05) is 12.2 Å². The minimum atomic E-state index is -1.86. The van der Waals surface area contributed by atoms with Gasteiger partial charge in [0.15, 0.2) is 17.4 Å². The molecule has 112 valence electrons. The summed E-state index contributed by atoms with van der Waals surface area (Å²) in [5.41, 5.74) is -2.19. The van der Waals surface area contributed by atoms with Gasteiger partial charge in [-0.15, -0.1) is 0 Å². The largest absolute Gasteiger partial charge is 0.491 e. The molecule has 0 aliphatic heterocycles. The summed E-state index contributed by atoms with van der Waals surface area (Å²) in [6, 6.07) is 0. The zero-order chi connectivity index (χ0) is 15.4. The zero-order valence-corrected chi connectivity index (χ0v) is 10.5. The number of hydrogen-bond acceptors (Lipinski definition) is 4. The van der Waals surface area contributed by atoms with Crippen molar-refractivity contribution in [3.8, 4) is 5.75 Å². The first-order valence-electron chi connectivity index (χ1n) is 5.63. The van der Waals surface area contributed by atoms with E-state index in [2.05, 4.69) is 4.74 Å². The molecule has 1 rings (SSSR count). The third kappa shape index (κ3) is 2.86. The first-order chi connectivity index (χ1) is 9.36. The molecule has 0 saturated heterocycles. The topological polar surface area (TPSA) is 87.0 Å². The molecule has 0 radical (unpaired) electrons. The highest BCUT2D eigenvalue weighted by atomic mass is 19.2. The lowest BCUT2D eigenvalue weighted by Gasteiger charge is -2.17. The molecule has 0 aliphatic carbocycles. The third-order valence-electron chi connectivity index (χ3n) is 2.70. The summed E-state index contributed by atoms with van der Waals surface area (Å²) in [6.45, 7) is -0.345. The molecular formula is C12H13F3O5. The van der Waals surface area contributed by atoms with Crippen molar-refractivity contribution < 1.29 is 38.0 Å². The number of methoxy groups -OCH3 is 1. The summed E-state index contributed by atoms with van der Waals surface area (Å²) < 4.78 is 45.5. The fourth-order valence-electron chi connectivity index (χ4n) is 1.79. The fraction of sp³-hybridized carbons (Fsp3) is 0.417. The number of halogens is 3. The number of aromatic carboxylic acids is 1. The van der Waals surface area contributed by atoms with Crippen LogP contribution in [-0.4, -0.2) is 35.0 Å². The smallest absolute Gasteiger partial charge is 0.339 e. The third-order valence-corrected chi connectivity index (χ3v) is 2.70. The number of carboxylic acids is 1. The van der Waals surface area contributed by atoms with E-state index in [1.807, 2.05) is 0 Å². The summed E-state index contributed by atoms with van der Waals surface area (Å²) in [5, 5.41) is 27.2. The lowest BCUT2D eigenvalue weighted by atomic mass is 9.97. The minimum Gasteiger partial charge on any atom is -0.491 e. The SMILES string of the molecule is COc1c(F)c(F)c(C(O)CCCO)c(C(=O)O)c1F. The molecule has 5 nitrogen and oxygen atoms in total. The number of carbonyl (C=O) groups is 1. The Morgan fingerprint density at radius 3 is 2.30 bits per heavy atom. The molecule has 0 aliphatic rings. The molecule has 0 aromatic heterocycles.